The topological polar surface area (TPSA) is 51.4 Å². The number of ether oxygens (including phenoxy) is 1. The van der Waals surface area contributed by atoms with Gasteiger partial charge in [0.2, 0.25) is 5.89 Å². The van der Waals surface area contributed by atoms with Gasteiger partial charge < -0.3 is 14.1 Å². The number of hydrogen-bond acceptors (Lipinski definition) is 5. The molecule has 0 aromatic carbocycles. The van der Waals surface area contributed by atoms with Gasteiger partial charge in [0.1, 0.15) is 5.38 Å². The van der Waals surface area contributed by atoms with Crippen LogP contribution in [-0.2, 0) is 4.74 Å². The molecule has 0 N–H and O–H groups in total. The molecule has 1 aromatic heterocycles. The van der Waals surface area contributed by atoms with Gasteiger partial charge in [-0.15, -0.1) is 16.7 Å². The second-order valence-corrected chi connectivity index (χ2v) is 5.76. The minimum atomic E-state index is -0.261. The third-order valence-electron chi connectivity index (χ3n) is 2.61. The maximum Gasteiger partial charge on any atom is 0.318 e. The van der Waals surface area contributed by atoms with Crippen molar-refractivity contribution in [2.24, 2.45) is 0 Å². The van der Waals surface area contributed by atoms with Crippen molar-refractivity contribution in [1.29, 1.82) is 0 Å². The first-order valence-electron chi connectivity index (χ1n) is 5.77. The van der Waals surface area contributed by atoms with Crippen LogP contribution in [0.2, 0.25) is 0 Å². The summed E-state index contributed by atoms with van der Waals surface area (Å²) in [7, 11) is 0. The number of hydrogen-bond donors (Lipinski definition) is 0. The molecule has 17 heavy (non-hydrogen) atoms. The highest BCUT2D eigenvalue weighted by Crippen LogP contribution is 2.27. The molecule has 0 saturated carbocycles. The minimum Gasteiger partial charge on any atom is -0.406 e. The molecule has 2 rings (SSSR count). The molecule has 1 saturated heterocycles. The number of nitrogens with zero attached hydrogens (tertiary/aromatic N) is 3. The summed E-state index contributed by atoms with van der Waals surface area (Å²) in [6.07, 6.45) is 0.141. The van der Waals surface area contributed by atoms with Crippen molar-refractivity contribution in [3.63, 3.8) is 0 Å². The lowest BCUT2D eigenvalue weighted by Crippen LogP contribution is -2.52. The molecular formula is C11H18ClN3O2. The van der Waals surface area contributed by atoms with Crippen LogP contribution in [0.5, 0.6) is 0 Å². The highest BCUT2D eigenvalue weighted by atomic mass is 35.5. The van der Waals surface area contributed by atoms with Gasteiger partial charge in [0.05, 0.1) is 18.2 Å². The number of anilines is 1. The Morgan fingerprint density at radius 1 is 1.47 bits per heavy atom. The third-order valence-corrected chi connectivity index (χ3v) is 2.80. The predicted molar refractivity (Wildman–Crippen MR) is 65.4 cm³/mol. The van der Waals surface area contributed by atoms with Gasteiger partial charge in [-0.3, -0.25) is 0 Å². The summed E-state index contributed by atoms with van der Waals surface area (Å²) in [5, 5.41) is 7.70. The van der Waals surface area contributed by atoms with Crippen molar-refractivity contribution in [3.8, 4) is 0 Å². The van der Waals surface area contributed by atoms with Crippen molar-refractivity contribution in [1.82, 2.24) is 10.2 Å². The van der Waals surface area contributed by atoms with Crippen LogP contribution in [0.3, 0.4) is 0 Å². The van der Waals surface area contributed by atoms with E-state index in [1.807, 2.05) is 18.7 Å². The summed E-state index contributed by atoms with van der Waals surface area (Å²) in [5.74, 6) is 0.457. The minimum absolute atomic E-state index is 0.141. The Bertz CT molecular complexity index is 392. The molecular weight excluding hydrogens is 242 g/mol. The Kier molecular flexibility index (Phi) is 3.32. The second-order valence-electron chi connectivity index (χ2n) is 5.11. The maximum absolute atomic E-state index is 5.90. The molecule has 6 heteroatoms. The number of aromatic nitrogens is 2. The summed E-state index contributed by atoms with van der Waals surface area (Å²) < 4.78 is 11.4. The Hall–Kier alpha value is -0.810. The van der Waals surface area contributed by atoms with E-state index in [4.69, 9.17) is 20.8 Å². The van der Waals surface area contributed by atoms with Crippen molar-refractivity contribution in [2.45, 2.75) is 44.8 Å². The fourth-order valence-corrected chi connectivity index (χ4v) is 2.20. The molecule has 2 atom stereocenters. The van der Waals surface area contributed by atoms with E-state index in [0.717, 1.165) is 13.1 Å². The molecule has 5 nitrogen and oxygen atoms in total. The molecule has 0 radical (unpaired) electrons. The number of morpholine rings is 1. The summed E-state index contributed by atoms with van der Waals surface area (Å²) in [4.78, 5) is 2.05. The van der Waals surface area contributed by atoms with Crippen LogP contribution in [0.25, 0.3) is 0 Å². The molecule has 1 fully saturated rings. The van der Waals surface area contributed by atoms with Crippen LogP contribution >= 0.6 is 11.6 Å². The van der Waals surface area contributed by atoms with E-state index in [2.05, 4.69) is 24.0 Å². The molecule has 96 valence electrons. The molecule has 0 bridgehead atoms. The average Bonchev–Trinajstić information content (AvgIpc) is 2.62. The quantitative estimate of drug-likeness (QED) is 0.764. The van der Waals surface area contributed by atoms with Crippen molar-refractivity contribution < 1.29 is 9.15 Å². The first-order chi connectivity index (χ1) is 7.87. The van der Waals surface area contributed by atoms with Gasteiger partial charge in [-0.25, -0.2) is 0 Å². The molecule has 0 amide bonds. The van der Waals surface area contributed by atoms with Crippen LogP contribution in [0.15, 0.2) is 4.42 Å². The van der Waals surface area contributed by atoms with Crippen LogP contribution in [-0.4, -0.2) is 35.0 Å². The van der Waals surface area contributed by atoms with Crippen molar-refractivity contribution >= 4 is 17.6 Å². The van der Waals surface area contributed by atoms with Gasteiger partial charge in [0.15, 0.2) is 0 Å². The van der Waals surface area contributed by atoms with Crippen LogP contribution in [0.1, 0.15) is 39.0 Å². The third kappa shape index (κ3) is 2.90. The Balaban J connectivity index is 2.15. The Morgan fingerprint density at radius 3 is 2.71 bits per heavy atom. The van der Waals surface area contributed by atoms with Gasteiger partial charge in [-0.1, -0.05) is 5.10 Å². The monoisotopic (exact) mass is 259 g/mol. The SMILES string of the molecule is CC1CN(c2nnc(C(C)Cl)o2)CC(C)(C)O1. The van der Waals surface area contributed by atoms with Crippen LogP contribution in [0, 0.1) is 0 Å². The van der Waals surface area contributed by atoms with Gasteiger partial charge in [0, 0.05) is 6.54 Å². The summed E-state index contributed by atoms with van der Waals surface area (Å²) in [5.41, 5.74) is -0.209. The maximum atomic E-state index is 5.90. The Labute approximate surface area is 106 Å². The normalized spacial score (nSPS) is 25.9. The molecule has 1 aliphatic rings. The average molecular weight is 260 g/mol. The summed E-state index contributed by atoms with van der Waals surface area (Å²) in [6, 6.07) is 0.524. The predicted octanol–water partition coefficient (Wildman–Crippen LogP) is 2.37. The van der Waals surface area contributed by atoms with E-state index >= 15 is 0 Å². The molecule has 1 aliphatic heterocycles. The van der Waals surface area contributed by atoms with E-state index in [-0.39, 0.29) is 17.1 Å². The van der Waals surface area contributed by atoms with Crippen molar-refractivity contribution in [2.75, 3.05) is 18.0 Å². The molecule has 1 aromatic rings. The number of rotatable bonds is 2. The zero-order valence-electron chi connectivity index (χ0n) is 10.6. The van der Waals surface area contributed by atoms with Gasteiger partial charge >= 0.3 is 6.01 Å². The fraction of sp³-hybridized carbons (Fsp3) is 0.818. The van der Waals surface area contributed by atoms with E-state index in [9.17, 15) is 0 Å². The van der Waals surface area contributed by atoms with E-state index < -0.39 is 0 Å². The second kappa shape index (κ2) is 4.46. The highest BCUT2D eigenvalue weighted by molar-refractivity contribution is 6.20. The Morgan fingerprint density at radius 2 is 2.18 bits per heavy atom. The number of halogens is 1. The van der Waals surface area contributed by atoms with E-state index in [1.165, 1.54) is 0 Å². The van der Waals surface area contributed by atoms with E-state index in [0.29, 0.717) is 11.9 Å². The van der Waals surface area contributed by atoms with Gasteiger partial charge in [-0.2, -0.15) is 0 Å². The number of alkyl halides is 1. The lowest BCUT2D eigenvalue weighted by atomic mass is 10.1. The standard InChI is InChI=1S/C11H18ClN3O2/c1-7-5-15(6-11(3,4)17-7)10-14-13-9(16-10)8(2)12/h7-8H,5-6H2,1-4H3. The lowest BCUT2D eigenvalue weighted by molar-refractivity contribution is -0.0761. The fourth-order valence-electron chi connectivity index (χ4n) is 2.11. The van der Waals surface area contributed by atoms with E-state index in [1.54, 1.807) is 0 Å². The first kappa shape index (κ1) is 12.6. The zero-order valence-corrected chi connectivity index (χ0v) is 11.4. The molecule has 2 unspecified atom stereocenters. The van der Waals surface area contributed by atoms with Crippen molar-refractivity contribution in [3.05, 3.63) is 5.89 Å². The van der Waals surface area contributed by atoms with Crippen LogP contribution < -0.4 is 4.90 Å². The summed E-state index contributed by atoms with van der Waals surface area (Å²) in [6.45, 7) is 9.44. The molecule has 2 heterocycles. The molecule has 0 aliphatic carbocycles. The van der Waals surface area contributed by atoms with Crippen LogP contribution in [0.4, 0.5) is 6.01 Å². The highest BCUT2D eigenvalue weighted by Gasteiger charge is 2.33. The smallest absolute Gasteiger partial charge is 0.318 e. The largest absolute Gasteiger partial charge is 0.406 e. The molecule has 0 spiro atoms. The lowest BCUT2D eigenvalue weighted by Gasteiger charge is -2.40. The van der Waals surface area contributed by atoms with Gasteiger partial charge in [-0.05, 0) is 27.7 Å². The zero-order chi connectivity index (χ0) is 12.6. The van der Waals surface area contributed by atoms with Gasteiger partial charge in [0.25, 0.3) is 0 Å². The summed E-state index contributed by atoms with van der Waals surface area (Å²) >= 11 is 5.90. The first-order valence-corrected chi connectivity index (χ1v) is 6.21.